The highest BCUT2D eigenvalue weighted by atomic mass is 19.1. The number of rotatable bonds is 2. The fourth-order valence-corrected chi connectivity index (χ4v) is 2.30. The van der Waals surface area contributed by atoms with Gasteiger partial charge in [0.2, 0.25) is 0 Å². The maximum absolute atomic E-state index is 13.4. The Labute approximate surface area is 116 Å². The average Bonchev–Trinajstić information content (AvgIpc) is 2.48. The van der Waals surface area contributed by atoms with Crippen LogP contribution in [0.15, 0.2) is 48.8 Å². The predicted octanol–water partition coefficient (Wildman–Crippen LogP) is 3.13. The van der Waals surface area contributed by atoms with Crippen LogP contribution in [-0.2, 0) is 0 Å². The van der Waals surface area contributed by atoms with Crippen molar-refractivity contribution in [2.75, 3.05) is 0 Å². The van der Waals surface area contributed by atoms with Crippen molar-refractivity contribution in [1.29, 1.82) is 0 Å². The summed E-state index contributed by atoms with van der Waals surface area (Å²) in [6.07, 6.45) is 3.30. The van der Waals surface area contributed by atoms with E-state index in [-0.39, 0.29) is 11.9 Å². The Bertz CT molecular complexity index is 771. The molecule has 0 saturated heterocycles. The highest BCUT2D eigenvalue weighted by molar-refractivity contribution is 5.74. The Morgan fingerprint density at radius 1 is 1.00 bits per heavy atom. The van der Waals surface area contributed by atoms with Crippen molar-refractivity contribution < 1.29 is 4.39 Å². The minimum Gasteiger partial charge on any atom is -0.320 e. The molecule has 0 saturated carbocycles. The summed E-state index contributed by atoms with van der Waals surface area (Å²) in [7, 11) is 0. The van der Waals surface area contributed by atoms with Crippen molar-refractivity contribution in [3.05, 3.63) is 71.3 Å². The third-order valence-corrected chi connectivity index (χ3v) is 3.43. The first-order valence-electron chi connectivity index (χ1n) is 6.37. The van der Waals surface area contributed by atoms with E-state index in [1.807, 2.05) is 25.1 Å². The van der Waals surface area contributed by atoms with Gasteiger partial charge in [-0.2, -0.15) is 0 Å². The van der Waals surface area contributed by atoms with Gasteiger partial charge in [0, 0.05) is 12.4 Å². The third-order valence-electron chi connectivity index (χ3n) is 3.43. The van der Waals surface area contributed by atoms with Crippen LogP contribution in [0.25, 0.3) is 11.0 Å². The van der Waals surface area contributed by atoms with Crippen molar-refractivity contribution in [3.8, 4) is 0 Å². The van der Waals surface area contributed by atoms with E-state index >= 15 is 0 Å². The van der Waals surface area contributed by atoms with Crippen LogP contribution in [0.1, 0.15) is 22.7 Å². The first-order chi connectivity index (χ1) is 9.65. The van der Waals surface area contributed by atoms with E-state index in [0.717, 1.165) is 27.7 Å². The molecule has 0 fully saturated rings. The van der Waals surface area contributed by atoms with Crippen LogP contribution in [0.5, 0.6) is 0 Å². The second-order valence-electron chi connectivity index (χ2n) is 4.78. The zero-order chi connectivity index (χ0) is 14.1. The lowest BCUT2D eigenvalue weighted by Gasteiger charge is -2.15. The van der Waals surface area contributed by atoms with E-state index in [1.54, 1.807) is 18.5 Å². The molecule has 1 atom stereocenters. The second kappa shape index (κ2) is 4.98. The van der Waals surface area contributed by atoms with Gasteiger partial charge >= 0.3 is 0 Å². The molecule has 0 bridgehead atoms. The number of fused-ring (bicyclic) bond motifs is 1. The standard InChI is InChI=1S/C16H14FN3/c1-10-2-4-12(17)9-13(10)16(18)11-3-5-14-15(8-11)20-7-6-19-14/h2-9,16H,18H2,1H3. The molecule has 3 nitrogen and oxygen atoms in total. The summed E-state index contributed by atoms with van der Waals surface area (Å²) >= 11 is 0. The molecule has 0 radical (unpaired) electrons. The summed E-state index contributed by atoms with van der Waals surface area (Å²) in [5.74, 6) is -0.276. The number of hydrogen-bond donors (Lipinski definition) is 1. The van der Waals surface area contributed by atoms with Gasteiger partial charge < -0.3 is 5.73 Å². The molecule has 0 amide bonds. The van der Waals surface area contributed by atoms with Gasteiger partial charge in [0.1, 0.15) is 5.82 Å². The Morgan fingerprint density at radius 2 is 1.75 bits per heavy atom. The van der Waals surface area contributed by atoms with Crippen LogP contribution < -0.4 is 5.73 Å². The van der Waals surface area contributed by atoms with Gasteiger partial charge in [0.25, 0.3) is 0 Å². The minimum atomic E-state index is -0.378. The Morgan fingerprint density at radius 3 is 2.55 bits per heavy atom. The molecule has 1 aromatic heterocycles. The molecule has 2 N–H and O–H groups in total. The molecule has 1 heterocycles. The van der Waals surface area contributed by atoms with E-state index in [2.05, 4.69) is 9.97 Å². The fourth-order valence-electron chi connectivity index (χ4n) is 2.30. The topological polar surface area (TPSA) is 51.8 Å². The minimum absolute atomic E-state index is 0.276. The van der Waals surface area contributed by atoms with Crippen LogP contribution in [0, 0.1) is 12.7 Å². The lowest BCUT2D eigenvalue weighted by molar-refractivity contribution is 0.622. The molecule has 3 aromatic rings. The number of aryl methyl sites for hydroxylation is 1. The third kappa shape index (κ3) is 2.26. The SMILES string of the molecule is Cc1ccc(F)cc1C(N)c1ccc2nccnc2c1. The summed E-state index contributed by atoms with van der Waals surface area (Å²) in [6, 6.07) is 9.98. The number of aromatic nitrogens is 2. The summed E-state index contributed by atoms with van der Waals surface area (Å²) in [5, 5.41) is 0. The zero-order valence-electron chi connectivity index (χ0n) is 11.0. The highest BCUT2D eigenvalue weighted by Crippen LogP contribution is 2.25. The molecule has 0 spiro atoms. The molecule has 4 heteroatoms. The quantitative estimate of drug-likeness (QED) is 0.776. The maximum Gasteiger partial charge on any atom is 0.123 e. The molecular weight excluding hydrogens is 253 g/mol. The van der Waals surface area contributed by atoms with Crippen LogP contribution >= 0.6 is 0 Å². The number of benzene rings is 2. The molecule has 100 valence electrons. The lowest BCUT2D eigenvalue weighted by atomic mass is 9.95. The van der Waals surface area contributed by atoms with E-state index < -0.39 is 0 Å². The Balaban J connectivity index is 2.07. The van der Waals surface area contributed by atoms with Gasteiger partial charge in [-0.25, -0.2) is 4.39 Å². The van der Waals surface area contributed by atoms with Crippen LogP contribution in [0.2, 0.25) is 0 Å². The smallest absolute Gasteiger partial charge is 0.123 e. The molecule has 3 rings (SSSR count). The van der Waals surface area contributed by atoms with Gasteiger partial charge in [-0.15, -0.1) is 0 Å². The van der Waals surface area contributed by atoms with Gasteiger partial charge in [0.15, 0.2) is 0 Å². The first-order valence-corrected chi connectivity index (χ1v) is 6.37. The van der Waals surface area contributed by atoms with E-state index in [1.165, 1.54) is 12.1 Å². The first kappa shape index (κ1) is 12.7. The molecule has 0 aliphatic heterocycles. The number of nitrogens with two attached hydrogens (primary N) is 1. The van der Waals surface area contributed by atoms with Gasteiger partial charge in [0.05, 0.1) is 17.1 Å². The predicted molar refractivity (Wildman–Crippen MR) is 76.7 cm³/mol. The van der Waals surface area contributed by atoms with E-state index in [4.69, 9.17) is 5.73 Å². The Kier molecular flexibility index (Phi) is 3.16. The normalized spacial score (nSPS) is 12.6. The largest absolute Gasteiger partial charge is 0.320 e. The maximum atomic E-state index is 13.4. The molecule has 20 heavy (non-hydrogen) atoms. The van der Waals surface area contributed by atoms with Gasteiger partial charge in [-0.3, -0.25) is 9.97 Å². The van der Waals surface area contributed by atoms with Crippen LogP contribution in [0.3, 0.4) is 0 Å². The summed E-state index contributed by atoms with van der Waals surface area (Å²) in [5.41, 5.74) is 10.5. The molecule has 0 aliphatic rings. The van der Waals surface area contributed by atoms with E-state index in [9.17, 15) is 4.39 Å². The summed E-state index contributed by atoms with van der Waals surface area (Å²) < 4.78 is 13.4. The van der Waals surface area contributed by atoms with Gasteiger partial charge in [-0.1, -0.05) is 12.1 Å². The highest BCUT2D eigenvalue weighted by Gasteiger charge is 2.13. The summed E-state index contributed by atoms with van der Waals surface area (Å²) in [6.45, 7) is 1.93. The molecule has 1 unspecified atom stereocenters. The number of nitrogens with zero attached hydrogens (tertiary/aromatic N) is 2. The van der Waals surface area contributed by atoms with E-state index in [0.29, 0.717) is 0 Å². The molecule has 0 aliphatic carbocycles. The van der Waals surface area contributed by atoms with Crippen molar-refractivity contribution in [3.63, 3.8) is 0 Å². The Hall–Kier alpha value is -2.33. The van der Waals surface area contributed by atoms with Crippen molar-refractivity contribution in [2.45, 2.75) is 13.0 Å². The lowest BCUT2D eigenvalue weighted by Crippen LogP contribution is -2.13. The monoisotopic (exact) mass is 267 g/mol. The molecule has 2 aromatic carbocycles. The average molecular weight is 267 g/mol. The number of halogens is 1. The summed E-state index contributed by atoms with van der Waals surface area (Å²) in [4.78, 5) is 8.49. The van der Waals surface area contributed by atoms with Gasteiger partial charge in [-0.05, 0) is 47.9 Å². The van der Waals surface area contributed by atoms with Crippen LogP contribution in [-0.4, -0.2) is 9.97 Å². The van der Waals surface area contributed by atoms with Crippen LogP contribution in [0.4, 0.5) is 4.39 Å². The zero-order valence-corrected chi connectivity index (χ0v) is 11.0. The molecular formula is C16H14FN3. The number of hydrogen-bond acceptors (Lipinski definition) is 3. The van der Waals surface area contributed by atoms with Crippen molar-refractivity contribution >= 4 is 11.0 Å². The second-order valence-corrected chi connectivity index (χ2v) is 4.78. The van der Waals surface area contributed by atoms with Crippen molar-refractivity contribution in [1.82, 2.24) is 9.97 Å². The fraction of sp³-hybridized carbons (Fsp3) is 0.125. The van der Waals surface area contributed by atoms with Crippen molar-refractivity contribution in [2.24, 2.45) is 5.73 Å².